The third-order valence-corrected chi connectivity index (χ3v) is 4.49. The summed E-state index contributed by atoms with van der Waals surface area (Å²) in [4.78, 5) is 0.118. The minimum absolute atomic E-state index is 0.118. The molecule has 106 valence electrons. The van der Waals surface area contributed by atoms with Gasteiger partial charge in [0.05, 0.1) is 10.9 Å². The van der Waals surface area contributed by atoms with Crippen LogP contribution < -0.4 is 10.5 Å². The third-order valence-electron chi connectivity index (χ3n) is 2.51. The van der Waals surface area contributed by atoms with Crippen molar-refractivity contribution in [3.05, 3.63) is 28.7 Å². The molecule has 0 aliphatic carbocycles. The summed E-state index contributed by atoms with van der Waals surface area (Å²) in [5.74, 6) is -0.322. The number of nitrogens with one attached hydrogen (secondary N) is 1. The van der Waals surface area contributed by atoms with Gasteiger partial charge in [0.1, 0.15) is 0 Å². The Labute approximate surface area is 120 Å². The van der Waals surface area contributed by atoms with Gasteiger partial charge in [0.2, 0.25) is 10.0 Å². The number of sulfonamides is 1. The zero-order valence-electron chi connectivity index (χ0n) is 10.5. The SMILES string of the molecule is CC(C)C(NS(=O)(=O)c1ccc(Br)cc1)C(N)=NO. The molecule has 0 aromatic heterocycles. The molecule has 1 rings (SSSR count). The Morgan fingerprint density at radius 1 is 1.37 bits per heavy atom. The van der Waals surface area contributed by atoms with Crippen molar-refractivity contribution in [2.45, 2.75) is 24.8 Å². The summed E-state index contributed by atoms with van der Waals surface area (Å²) in [5, 5.41) is 11.5. The molecule has 0 aliphatic rings. The average molecular weight is 350 g/mol. The molecule has 0 spiro atoms. The van der Waals surface area contributed by atoms with Crippen molar-refractivity contribution in [3.63, 3.8) is 0 Å². The van der Waals surface area contributed by atoms with Crippen LogP contribution in [0.3, 0.4) is 0 Å². The maximum absolute atomic E-state index is 12.2. The van der Waals surface area contributed by atoms with E-state index in [4.69, 9.17) is 10.9 Å². The van der Waals surface area contributed by atoms with E-state index in [1.807, 2.05) is 0 Å². The number of nitrogens with zero attached hydrogens (tertiary/aromatic N) is 1. The lowest BCUT2D eigenvalue weighted by molar-refractivity contribution is 0.313. The summed E-state index contributed by atoms with van der Waals surface area (Å²) in [5.41, 5.74) is 5.49. The minimum atomic E-state index is -3.72. The topological polar surface area (TPSA) is 105 Å². The molecule has 6 nitrogen and oxygen atoms in total. The second kappa shape index (κ2) is 6.36. The Balaban J connectivity index is 3.04. The lowest BCUT2D eigenvalue weighted by atomic mass is 10.1. The highest BCUT2D eigenvalue weighted by molar-refractivity contribution is 9.10. The van der Waals surface area contributed by atoms with Crippen LogP contribution in [0.4, 0.5) is 0 Å². The predicted octanol–water partition coefficient (Wildman–Crippen LogP) is 1.50. The van der Waals surface area contributed by atoms with Gasteiger partial charge in [-0.25, -0.2) is 13.1 Å². The normalized spacial score (nSPS) is 14.6. The fraction of sp³-hybridized carbons (Fsp3) is 0.364. The van der Waals surface area contributed by atoms with Crippen molar-refractivity contribution in [3.8, 4) is 0 Å². The summed E-state index contributed by atoms with van der Waals surface area (Å²) in [6.07, 6.45) is 0. The van der Waals surface area contributed by atoms with Crippen molar-refractivity contribution in [2.75, 3.05) is 0 Å². The smallest absolute Gasteiger partial charge is 0.241 e. The number of hydrogen-bond donors (Lipinski definition) is 3. The van der Waals surface area contributed by atoms with Crippen LogP contribution >= 0.6 is 15.9 Å². The first kappa shape index (κ1) is 15.9. The molecule has 0 heterocycles. The van der Waals surface area contributed by atoms with Gasteiger partial charge in [-0.15, -0.1) is 0 Å². The first-order chi connectivity index (χ1) is 8.77. The van der Waals surface area contributed by atoms with E-state index in [9.17, 15) is 8.42 Å². The maximum atomic E-state index is 12.2. The van der Waals surface area contributed by atoms with Gasteiger partial charge in [-0.05, 0) is 30.2 Å². The molecule has 1 atom stereocenters. The van der Waals surface area contributed by atoms with Crippen molar-refractivity contribution >= 4 is 31.8 Å². The molecule has 0 bridgehead atoms. The van der Waals surface area contributed by atoms with Crippen LogP contribution in [0.2, 0.25) is 0 Å². The van der Waals surface area contributed by atoms with Crippen molar-refractivity contribution in [1.82, 2.24) is 4.72 Å². The van der Waals surface area contributed by atoms with Gasteiger partial charge in [0, 0.05) is 4.47 Å². The van der Waals surface area contributed by atoms with Crippen LogP contribution in [0, 0.1) is 5.92 Å². The largest absolute Gasteiger partial charge is 0.409 e. The van der Waals surface area contributed by atoms with E-state index in [-0.39, 0.29) is 16.6 Å². The van der Waals surface area contributed by atoms with Gasteiger partial charge in [-0.1, -0.05) is 34.9 Å². The van der Waals surface area contributed by atoms with E-state index < -0.39 is 16.1 Å². The Bertz CT molecular complexity index is 555. The molecule has 1 unspecified atom stereocenters. The molecule has 1 aromatic carbocycles. The van der Waals surface area contributed by atoms with Gasteiger partial charge < -0.3 is 10.9 Å². The Hall–Kier alpha value is -1.12. The molecule has 0 aliphatic heterocycles. The second-order valence-electron chi connectivity index (χ2n) is 4.32. The highest BCUT2D eigenvalue weighted by Gasteiger charge is 2.25. The van der Waals surface area contributed by atoms with Crippen LogP contribution in [-0.4, -0.2) is 25.5 Å². The molecule has 0 saturated carbocycles. The van der Waals surface area contributed by atoms with Gasteiger partial charge in [-0.3, -0.25) is 0 Å². The number of rotatable bonds is 5. The third kappa shape index (κ3) is 4.19. The van der Waals surface area contributed by atoms with Crippen LogP contribution in [0.25, 0.3) is 0 Å². The number of benzene rings is 1. The highest BCUT2D eigenvalue weighted by atomic mass is 79.9. The lowest BCUT2D eigenvalue weighted by Gasteiger charge is -2.20. The van der Waals surface area contributed by atoms with Gasteiger partial charge in [0.25, 0.3) is 0 Å². The molecule has 4 N–H and O–H groups in total. The zero-order valence-corrected chi connectivity index (χ0v) is 12.9. The lowest BCUT2D eigenvalue weighted by Crippen LogP contribution is -2.47. The standard InChI is InChI=1S/C11H16BrN3O3S/c1-7(2)10(11(13)14-16)15-19(17,18)9-5-3-8(12)4-6-9/h3-7,10,15-16H,1-2H3,(H2,13,14). The van der Waals surface area contributed by atoms with E-state index in [0.29, 0.717) is 0 Å². The summed E-state index contributed by atoms with van der Waals surface area (Å²) in [7, 11) is -3.72. The maximum Gasteiger partial charge on any atom is 0.241 e. The summed E-state index contributed by atoms with van der Waals surface area (Å²) >= 11 is 3.23. The Kier molecular flexibility index (Phi) is 5.33. The highest BCUT2D eigenvalue weighted by Crippen LogP contribution is 2.16. The van der Waals surface area contributed by atoms with Gasteiger partial charge in [-0.2, -0.15) is 0 Å². The molecule has 0 fully saturated rings. The fourth-order valence-corrected chi connectivity index (χ4v) is 3.07. The van der Waals surface area contributed by atoms with E-state index >= 15 is 0 Å². The molecule has 19 heavy (non-hydrogen) atoms. The van der Waals surface area contributed by atoms with Crippen molar-refractivity contribution in [2.24, 2.45) is 16.8 Å². The zero-order chi connectivity index (χ0) is 14.6. The minimum Gasteiger partial charge on any atom is -0.409 e. The van der Waals surface area contributed by atoms with Crippen LogP contribution in [0.5, 0.6) is 0 Å². The molecule has 0 saturated heterocycles. The second-order valence-corrected chi connectivity index (χ2v) is 6.95. The van der Waals surface area contributed by atoms with E-state index in [2.05, 4.69) is 25.8 Å². The summed E-state index contributed by atoms with van der Waals surface area (Å²) in [6.45, 7) is 3.54. The first-order valence-electron chi connectivity index (χ1n) is 5.53. The summed E-state index contributed by atoms with van der Waals surface area (Å²) < 4.78 is 27.5. The molecule has 1 aromatic rings. The fourth-order valence-electron chi connectivity index (χ4n) is 1.45. The van der Waals surface area contributed by atoms with Crippen LogP contribution in [0.15, 0.2) is 38.8 Å². The van der Waals surface area contributed by atoms with Crippen LogP contribution in [-0.2, 0) is 10.0 Å². The number of halogens is 1. The van der Waals surface area contributed by atoms with Crippen molar-refractivity contribution < 1.29 is 13.6 Å². The first-order valence-corrected chi connectivity index (χ1v) is 7.81. The number of oxime groups is 1. The Morgan fingerprint density at radius 2 is 1.89 bits per heavy atom. The van der Waals surface area contributed by atoms with E-state index in [0.717, 1.165) is 4.47 Å². The average Bonchev–Trinajstić information content (AvgIpc) is 2.35. The van der Waals surface area contributed by atoms with Crippen LogP contribution in [0.1, 0.15) is 13.8 Å². The number of nitrogens with two attached hydrogens (primary N) is 1. The molecular weight excluding hydrogens is 334 g/mol. The monoisotopic (exact) mass is 349 g/mol. The number of amidine groups is 1. The van der Waals surface area contributed by atoms with Gasteiger partial charge in [0.15, 0.2) is 5.84 Å². The molecule has 0 radical (unpaired) electrons. The predicted molar refractivity (Wildman–Crippen MR) is 76.5 cm³/mol. The Morgan fingerprint density at radius 3 is 2.32 bits per heavy atom. The van der Waals surface area contributed by atoms with Gasteiger partial charge >= 0.3 is 0 Å². The molecule has 0 amide bonds. The van der Waals surface area contributed by atoms with Crippen molar-refractivity contribution in [1.29, 1.82) is 0 Å². The molecule has 8 heteroatoms. The van der Waals surface area contributed by atoms with E-state index in [1.54, 1.807) is 26.0 Å². The van der Waals surface area contributed by atoms with E-state index in [1.165, 1.54) is 12.1 Å². The quantitative estimate of drug-likeness (QED) is 0.324. The molecular formula is C11H16BrN3O3S. The number of hydrogen-bond acceptors (Lipinski definition) is 4. The summed E-state index contributed by atoms with van der Waals surface area (Å²) in [6, 6.07) is 5.43.